The van der Waals surface area contributed by atoms with Gasteiger partial charge in [0.1, 0.15) is 6.10 Å². The summed E-state index contributed by atoms with van der Waals surface area (Å²) in [6.45, 7) is 1.75. The van der Waals surface area contributed by atoms with Crippen LogP contribution in [0.1, 0.15) is 25.0 Å². The van der Waals surface area contributed by atoms with Crippen molar-refractivity contribution in [2.75, 3.05) is 6.61 Å². The van der Waals surface area contributed by atoms with Crippen molar-refractivity contribution in [2.45, 2.75) is 25.9 Å². The first kappa shape index (κ1) is 14.8. The highest BCUT2D eigenvalue weighted by Crippen LogP contribution is 2.39. The van der Waals surface area contributed by atoms with Crippen LogP contribution in [0.15, 0.2) is 35.6 Å². The lowest BCUT2D eigenvalue weighted by molar-refractivity contribution is -0.138. The Morgan fingerprint density at radius 2 is 2.10 bits per heavy atom. The number of benzene rings is 1. The minimum Gasteiger partial charge on any atom is -0.483 e. The van der Waals surface area contributed by atoms with E-state index >= 15 is 0 Å². The van der Waals surface area contributed by atoms with Gasteiger partial charge in [0.2, 0.25) is 0 Å². The number of carbonyl (C=O) groups excluding carboxylic acids is 1. The normalized spacial score (nSPS) is 18.4. The molecule has 1 heterocycles. The number of carbonyl (C=O) groups is 1. The average Bonchev–Trinajstić information content (AvgIpc) is 2.85. The van der Waals surface area contributed by atoms with Crippen molar-refractivity contribution in [1.82, 2.24) is 0 Å². The molecule has 0 aliphatic carbocycles. The van der Waals surface area contributed by atoms with E-state index in [4.69, 9.17) is 21.1 Å². The van der Waals surface area contributed by atoms with Gasteiger partial charge in [-0.05, 0) is 24.6 Å². The van der Waals surface area contributed by atoms with Crippen molar-refractivity contribution in [3.63, 3.8) is 0 Å². The van der Waals surface area contributed by atoms with Gasteiger partial charge in [-0.3, -0.25) is 0 Å². The molecule has 0 spiro atoms. The van der Waals surface area contributed by atoms with Crippen LogP contribution in [-0.2, 0) is 14.3 Å². The lowest BCUT2D eigenvalue weighted by Crippen LogP contribution is -2.10. The second-order valence-electron chi connectivity index (χ2n) is 4.23. The largest absolute Gasteiger partial charge is 0.483 e. The molecule has 6 heteroatoms. The van der Waals surface area contributed by atoms with E-state index < -0.39 is 24.3 Å². The fourth-order valence-electron chi connectivity index (χ4n) is 2.00. The minimum atomic E-state index is -2.84. The average molecular weight is 303 g/mol. The summed E-state index contributed by atoms with van der Waals surface area (Å²) in [6.07, 6.45) is -3.39. The van der Waals surface area contributed by atoms with Crippen LogP contribution in [-0.4, -0.2) is 19.0 Å². The molecule has 1 aliphatic rings. The minimum absolute atomic E-state index is 0.0696. The molecule has 0 radical (unpaired) electrons. The molecular weight excluding hydrogens is 290 g/mol. The Bertz CT molecular complexity index is 526. The molecule has 1 unspecified atom stereocenters. The highest BCUT2D eigenvalue weighted by molar-refractivity contribution is 6.30. The van der Waals surface area contributed by atoms with Gasteiger partial charge in [0.15, 0.2) is 5.76 Å². The summed E-state index contributed by atoms with van der Waals surface area (Å²) in [5.41, 5.74) is 0.591. The summed E-state index contributed by atoms with van der Waals surface area (Å²) >= 11 is 5.77. The van der Waals surface area contributed by atoms with Crippen molar-refractivity contribution >= 4 is 17.6 Å². The van der Waals surface area contributed by atoms with Crippen molar-refractivity contribution in [2.24, 2.45) is 0 Å². The van der Waals surface area contributed by atoms with Gasteiger partial charge in [0.05, 0.1) is 12.2 Å². The molecule has 1 aliphatic heterocycles. The van der Waals surface area contributed by atoms with Gasteiger partial charge in [-0.2, -0.15) is 0 Å². The van der Waals surface area contributed by atoms with Crippen molar-refractivity contribution < 1.29 is 23.0 Å². The maximum atomic E-state index is 12.9. The Morgan fingerprint density at radius 1 is 1.45 bits per heavy atom. The monoisotopic (exact) mass is 302 g/mol. The summed E-state index contributed by atoms with van der Waals surface area (Å²) in [4.78, 5) is 11.7. The lowest BCUT2D eigenvalue weighted by atomic mass is 10.0. The van der Waals surface area contributed by atoms with Crippen LogP contribution in [0.5, 0.6) is 0 Å². The van der Waals surface area contributed by atoms with Gasteiger partial charge in [-0.15, -0.1) is 0 Å². The first-order valence-electron chi connectivity index (χ1n) is 6.13. The predicted molar refractivity (Wildman–Crippen MR) is 69.6 cm³/mol. The van der Waals surface area contributed by atoms with E-state index in [2.05, 4.69) is 0 Å². The van der Waals surface area contributed by atoms with E-state index in [0.29, 0.717) is 10.6 Å². The summed E-state index contributed by atoms with van der Waals surface area (Å²) in [7, 11) is 0. The standard InChI is InChI=1S/C14H13ClF2O3/c1-2-19-14(18)10-7-11(20-12(10)13(16)17)8-3-5-9(15)6-4-8/h3-6,11,13H,2,7H2,1H3. The molecule has 2 rings (SSSR count). The summed E-state index contributed by atoms with van der Waals surface area (Å²) < 4.78 is 35.9. The lowest BCUT2D eigenvalue weighted by Gasteiger charge is -2.12. The van der Waals surface area contributed by atoms with Crippen LogP contribution in [0.4, 0.5) is 8.78 Å². The molecule has 0 N–H and O–H groups in total. The topological polar surface area (TPSA) is 35.5 Å². The van der Waals surface area contributed by atoms with E-state index in [0.717, 1.165) is 0 Å². The van der Waals surface area contributed by atoms with Gasteiger partial charge in [0, 0.05) is 11.4 Å². The van der Waals surface area contributed by atoms with Gasteiger partial charge in [-0.1, -0.05) is 23.7 Å². The first-order chi connectivity index (χ1) is 9.52. The maximum absolute atomic E-state index is 12.9. The summed E-state index contributed by atoms with van der Waals surface area (Å²) in [6, 6.07) is 6.66. The number of hydrogen-bond donors (Lipinski definition) is 0. The zero-order valence-corrected chi connectivity index (χ0v) is 11.5. The number of halogens is 3. The smallest absolute Gasteiger partial charge is 0.337 e. The van der Waals surface area contributed by atoms with Crippen LogP contribution in [0.25, 0.3) is 0 Å². The maximum Gasteiger partial charge on any atom is 0.337 e. The van der Waals surface area contributed by atoms with E-state index in [-0.39, 0.29) is 18.6 Å². The molecule has 0 saturated heterocycles. The third kappa shape index (κ3) is 3.10. The van der Waals surface area contributed by atoms with Gasteiger partial charge in [-0.25, -0.2) is 13.6 Å². The number of hydrogen-bond acceptors (Lipinski definition) is 3. The molecule has 0 saturated carbocycles. The molecule has 1 aromatic rings. The van der Waals surface area contributed by atoms with E-state index in [1.165, 1.54) is 0 Å². The summed E-state index contributed by atoms with van der Waals surface area (Å²) in [5, 5.41) is 0.541. The Labute approximate surface area is 120 Å². The van der Waals surface area contributed by atoms with Crippen LogP contribution >= 0.6 is 11.6 Å². The van der Waals surface area contributed by atoms with Crippen LogP contribution in [0, 0.1) is 0 Å². The van der Waals surface area contributed by atoms with Crippen LogP contribution in [0.3, 0.4) is 0 Å². The highest BCUT2D eigenvalue weighted by atomic mass is 35.5. The SMILES string of the molecule is CCOC(=O)C1=C(C(F)F)OC(c2ccc(Cl)cc2)C1. The zero-order valence-electron chi connectivity index (χ0n) is 10.7. The van der Waals surface area contributed by atoms with Gasteiger partial charge >= 0.3 is 5.97 Å². The predicted octanol–water partition coefficient (Wildman–Crippen LogP) is 3.88. The number of alkyl halides is 2. The number of allylic oxidation sites excluding steroid dienone is 1. The van der Waals surface area contributed by atoms with Gasteiger partial charge < -0.3 is 9.47 Å². The number of ether oxygens (including phenoxy) is 2. The fourth-order valence-corrected chi connectivity index (χ4v) is 2.13. The molecule has 0 amide bonds. The van der Waals surface area contributed by atoms with Crippen molar-refractivity contribution in [1.29, 1.82) is 0 Å². The van der Waals surface area contributed by atoms with Gasteiger partial charge in [0.25, 0.3) is 6.43 Å². The zero-order chi connectivity index (χ0) is 14.7. The van der Waals surface area contributed by atoms with Crippen LogP contribution < -0.4 is 0 Å². The number of rotatable bonds is 4. The second-order valence-corrected chi connectivity index (χ2v) is 4.66. The molecule has 0 fully saturated rings. The third-order valence-corrected chi connectivity index (χ3v) is 3.17. The molecule has 108 valence electrons. The number of esters is 1. The van der Waals surface area contributed by atoms with E-state index in [1.54, 1.807) is 31.2 Å². The third-order valence-electron chi connectivity index (χ3n) is 2.92. The molecule has 0 bridgehead atoms. The second kappa shape index (κ2) is 6.22. The van der Waals surface area contributed by atoms with E-state index in [1.807, 2.05) is 0 Å². The first-order valence-corrected chi connectivity index (χ1v) is 6.51. The Kier molecular flexibility index (Phi) is 4.60. The molecule has 1 aromatic carbocycles. The van der Waals surface area contributed by atoms with Crippen molar-refractivity contribution in [3.8, 4) is 0 Å². The molecule has 0 aromatic heterocycles. The molecular formula is C14H13ClF2O3. The molecule has 3 nitrogen and oxygen atoms in total. The van der Waals surface area contributed by atoms with Crippen molar-refractivity contribution in [3.05, 3.63) is 46.2 Å². The summed E-state index contributed by atoms with van der Waals surface area (Å²) in [5.74, 6) is -1.34. The van der Waals surface area contributed by atoms with E-state index in [9.17, 15) is 13.6 Å². The Balaban J connectivity index is 2.20. The van der Waals surface area contributed by atoms with Crippen LogP contribution in [0.2, 0.25) is 5.02 Å². The highest BCUT2D eigenvalue weighted by Gasteiger charge is 2.36. The molecule has 1 atom stereocenters. The molecule has 20 heavy (non-hydrogen) atoms. The Morgan fingerprint density at radius 3 is 2.65 bits per heavy atom. The quantitative estimate of drug-likeness (QED) is 0.792. The fraction of sp³-hybridized carbons (Fsp3) is 0.357. The Hall–Kier alpha value is -1.62.